The van der Waals surface area contributed by atoms with Gasteiger partial charge in [0.1, 0.15) is 0 Å². The number of nitrogens with one attached hydrogen (secondary N) is 1. The van der Waals surface area contributed by atoms with Crippen molar-refractivity contribution in [2.45, 2.75) is 26.8 Å². The molecule has 2 aliphatic heterocycles. The summed E-state index contributed by atoms with van der Waals surface area (Å²) in [5.74, 6) is 2.30. The molecule has 1 atom stereocenters. The Morgan fingerprint density at radius 2 is 1.36 bits per heavy atom. The molecule has 3 heterocycles. The SMILES string of the molecule is Cc1ccc(NC2=Nc3ccccc3N3C2=Nc2c(c(C)nn2-c2ccc(C)cc2)[C@H]3c2ccccc2)cc1. The second-order valence-electron chi connectivity index (χ2n) is 10.1. The third-order valence-electron chi connectivity index (χ3n) is 7.35. The zero-order valence-electron chi connectivity index (χ0n) is 22.1. The van der Waals surface area contributed by atoms with Crippen LogP contribution in [0.1, 0.15) is 34.0 Å². The van der Waals surface area contributed by atoms with Gasteiger partial charge in [-0.25, -0.2) is 14.7 Å². The van der Waals surface area contributed by atoms with E-state index in [0.29, 0.717) is 5.84 Å². The van der Waals surface area contributed by atoms with Crippen molar-refractivity contribution >= 4 is 34.6 Å². The first-order chi connectivity index (χ1) is 19.1. The molecule has 0 fully saturated rings. The predicted molar refractivity (Wildman–Crippen MR) is 159 cm³/mol. The molecule has 6 nitrogen and oxygen atoms in total. The molecule has 1 aromatic heterocycles. The fraction of sp³-hybridized carbons (Fsp3) is 0.121. The molecule has 0 amide bonds. The van der Waals surface area contributed by atoms with Crippen molar-refractivity contribution in [2.75, 3.05) is 10.2 Å². The van der Waals surface area contributed by atoms with Crippen LogP contribution in [0.5, 0.6) is 0 Å². The molecule has 0 saturated heterocycles. The number of amidine groups is 2. The lowest BCUT2D eigenvalue weighted by atomic mass is 9.93. The van der Waals surface area contributed by atoms with Crippen LogP contribution < -0.4 is 10.2 Å². The second-order valence-corrected chi connectivity index (χ2v) is 10.1. The van der Waals surface area contributed by atoms with Gasteiger partial charge in [0.2, 0.25) is 0 Å². The summed E-state index contributed by atoms with van der Waals surface area (Å²) in [7, 11) is 0. The summed E-state index contributed by atoms with van der Waals surface area (Å²) in [6.07, 6.45) is 0. The lowest BCUT2D eigenvalue weighted by molar-refractivity contribution is 0.815. The Morgan fingerprint density at radius 1 is 0.692 bits per heavy atom. The van der Waals surface area contributed by atoms with Gasteiger partial charge in [-0.05, 0) is 62.7 Å². The highest BCUT2D eigenvalue weighted by atomic mass is 15.4. The Bertz CT molecular complexity index is 1740. The summed E-state index contributed by atoms with van der Waals surface area (Å²) < 4.78 is 1.97. The van der Waals surface area contributed by atoms with E-state index < -0.39 is 0 Å². The maximum absolute atomic E-state index is 5.31. The average molecular weight is 509 g/mol. The molecule has 1 N–H and O–H groups in total. The number of fused-ring (bicyclic) bond motifs is 4. The summed E-state index contributed by atoms with van der Waals surface area (Å²) in [6.45, 7) is 6.26. The normalized spacial score (nSPS) is 15.6. The number of aromatic nitrogens is 2. The monoisotopic (exact) mass is 508 g/mol. The van der Waals surface area contributed by atoms with E-state index >= 15 is 0 Å². The molecule has 0 aliphatic carbocycles. The predicted octanol–water partition coefficient (Wildman–Crippen LogP) is 7.59. The first-order valence-electron chi connectivity index (χ1n) is 13.2. The van der Waals surface area contributed by atoms with Crippen LogP contribution in [0.3, 0.4) is 0 Å². The van der Waals surface area contributed by atoms with E-state index in [2.05, 4.69) is 128 Å². The zero-order chi connectivity index (χ0) is 26.5. The largest absolute Gasteiger partial charge is 0.337 e. The van der Waals surface area contributed by atoms with Gasteiger partial charge in [0, 0.05) is 11.3 Å². The minimum Gasteiger partial charge on any atom is -0.337 e. The molecule has 0 bridgehead atoms. The van der Waals surface area contributed by atoms with Crippen molar-refractivity contribution in [1.29, 1.82) is 0 Å². The minimum absolute atomic E-state index is 0.126. The van der Waals surface area contributed by atoms with Crippen LogP contribution in [0.25, 0.3) is 5.69 Å². The average Bonchev–Trinajstić information content (AvgIpc) is 3.30. The molecular weight excluding hydrogens is 480 g/mol. The third-order valence-corrected chi connectivity index (χ3v) is 7.35. The summed E-state index contributed by atoms with van der Waals surface area (Å²) in [4.78, 5) is 12.7. The van der Waals surface area contributed by atoms with E-state index in [4.69, 9.17) is 15.1 Å². The Hall–Kier alpha value is -4.97. The molecule has 0 spiro atoms. The highest BCUT2D eigenvalue weighted by molar-refractivity contribution is 6.51. The number of aliphatic imine (C=N–C) groups is 2. The van der Waals surface area contributed by atoms with Gasteiger partial charge in [-0.1, -0.05) is 77.9 Å². The van der Waals surface area contributed by atoms with Crippen LogP contribution in [0, 0.1) is 20.8 Å². The van der Waals surface area contributed by atoms with Crippen molar-refractivity contribution in [1.82, 2.24) is 9.78 Å². The molecule has 0 saturated carbocycles. The second kappa shape index (κ2) is 9.10. The summed E-state index contributed by atoms with van der Waals surface area (Å²) >= 11 is 0. The van der Waals surface area contributed by atoms with Gasteiger partial charge >= 0.3 is 0 Å². The Balaban J connectivity index is 1.49. The number of nitrogens with zero attached hydrogens (tertiary/aromatic N) is 5. The third kappa shape index (κ3) is 3.92. The van der Waals surface area contributed by atoms with Crippen LogP contribution >= 0.6 is 0 Å². The first kappa shape index (κ1) is 23.2. The van der Waals surface area contributed by atoms with Crippen LogP contribution in [0.15, 0.2) is 113 Å². The molecular formula is C33H28N6. The van der Waals surface area contributed by atoms with E-state index in [1.165, 1.54) is 16.7 Å². The Morgan fingerprint density at radius 3 is 2.10 bits per heavy atom. The molecule has 5 aromatic rings. The first-order valence-corrected chi connectivity index (χ1v) is 13.2. The maximum Gasteiger partial charge on any atom is 0.179 e. The molecule has 4 aromatic carbocycles. The van der Waals surface area contributed by atoms with Gasteiger partial charge in [0.05, 0.1) is 28.8 Å². The van der Waals surface area contributed by atoms with Crippen molar-refractivity contribution in [3.63, 3.8) is 0 Å². The Kier molecular flexibility index (Phi) is 5.40. The van der Waals surface area contributed by atoms with Crippen LogP contribution in [-0.4, -0.2) is 21.5 Å². The minimum atomic E-state index is -0.126. The van der Waals surface area contributed by atoms with Crippen molar-refractivity contribution in [3.05, 3.63) is 131 Å². The fourth-order valence-corrected chi connectivity index (χ4v) is 5.39. The standard InChI is InChI=1S/C33H28N6/c1-21-13-17-25(18-14-21)34-31-33-36-32-29(23(3)37-39(32)26-19-15-22(2)16-20-26)30(24-9-5-4-6-10-24)38(33)28-12-8-7-11-27(28)35-31/h4-20,30H,1-3H3,(H,34,35)/t30-/m1/s1. The van der Waals surface area contributed by atoms with Crippen molar-refractivity contribution in [2.24, 2.45) is 9.98 Å². The van der Waals surface area contributed by atoms with Crippen LogP contribution in [0.2, 0.25) is 0 Å². The van der Waals surface area contributed by atoms with Gasteiger partial charge in [-0.3, -0.25) is 0 Å². The highest BCUT2D eigenvalue weighted by Gasteiger charge is 2.41. The number of rotatable bonds is 3. The van der Waals surface area contributed by atoms with Crippen LogP contribution in [0.4, 0.5) is 22.9 Å². The van der Waals surface area contributed by atoms with Crippen molar-refractivity contribution in [3.8, 4) is 5.69 Å². The fourth-order valence-electron chi connectivity index (χ4n) is 5.39. The summed E-state index contributed by atoms with van der Waals surface area (Å²) in [5.41, 5.74) is 9.50. The molecule has 39 heavy (non-hydrogen) atoms. The Labute approximate surface area is 228 Å². The van der Waals surface area contributed by atoms with Crippen LogP contribution in [-0.2, 0) is 0 Å². The zero-order valence-corrected chi connectivity index (χ0v) is 22.1. The van der Waals surface area contributed by atoms with Gasteiger partial charge in [-0.2, -0.15) is 5.10 Å². The summed E-state index contributed by atoms with van der Waals surface area (Å²) in [6, 6.07) is 35.5. The molecule has 7 rings (SSSR count). The maximum atomic E-state index is 5.31. The number of benzene rings is 4. The smallest absolute Gasteiger partial charge is 0.179 e. The molecule has 0 radical (unpaired) electrons. The molecule has 6 heteroatoms. The number of hydrogen-bond acceptors (Lipinski definition) is 5. The van der Waals surface area contributed by atoms with E-state index in [1.54, 1.807) is 0 Å². The van der Waals surface area contributed by atoms with E-state index in [-0.39, 0.29) is 6.04 Å². The van der Waals surface area contributed by atoms with Gasteiger partial charge < -0.3 is 10.2 Å². The number of hydrogen-bond donors (Lipinski definition) is 1. The van der Waals surface area contributed by atoms with E-state index in [0.717, 1.165) is 45.7 Å². The highest BCUT2D eigenvalue weighted by Crippen LogP contribution is 2.48. The lowest BCUT2D eigenvalue weighted by Crippen LogP contribution is -2.46. The number of para-hydroxylation sites is 2. The van der Waals surface area contributed by atoms with Gasteiger partial charge in [0.25, 0.3) is 0 Å². The lowest BCUT2D eigenvalue weighted by Gasteiger charge is -2.40. The quantitative estimate of drug-likeness (QED) is 0.273. The number of anilines is 2. The van der Waals surface area contributed by atoms with Crippen molar-refractivity contribution < 1.29 is 0 Å². The summed E-state index contributed by atoms with van der Waals surface area (Å²) in [5, 5.41) is 8.60. The molecule has 190 valence electrons. The molecule has 2 aliphatic rings. The topological polar surface area (TPSA) is 57.8 Å². The van der Waals surface area contributed by atoms with Gasteiger partial charge in [-0.15, -0.1) is 0 Å². The number of aryl methyl sites for hydroxylation is 3. The van der Waals surface area contributed by atoms with Gasteiger partial charge in [0.15, 0.2) is 17.5 Å². The van der Waals surface area contributed by atoms with E-state index in [1.807, 2.05) is 10.7 Å². The molecule has 0 unspecified atom stereocenters. The van der Waals surface area contributed by atoms with E-state index in [9.17, 15) is 0 Å².